The van der Waals surface area contributed by atoms with Crippen LogP contribution in [-0.2, 0) is 32.7 Å². The van der Waals surface area contributed by atoms with Crippen LogP contribution in [-0.4, -0.2) is 44.7 Å². The monoisotopic (exact) mass is 566 g/mol. The Hall–Kier alpha value is -4.03. The number of sulfonamides is 1. The van der Waals surface area contributed by atoms with Crippen LogP contribution in [0.15, 0.2) is 87.0 Å². The third-order valence-corrected chi connectivity index (χ3v) is 10.5. The van der Waals surface area contributed by atoms with Crippen molar-refractivity contribution in [3.8, 4) is 0 Å². The lowest BCUT2D eigenvalue weighted by Gasteiger charge is -2.19. The fourth-order valence-electron chi connectivity index (χ4n) is 4.25. The van der Waals surface area contributed by atoms with Crippen molar-refractivity contribution in [1.29, 1.82) is 0 Å². The van der Waals surface area contributed by atoms with Crippen LogP contribution in [0, 0.1) is 0 Å². The molecule has 0 atom stereocenters. The Morgan fingerprint density at radius 1 is 0.923 bits per heavy atom. The Bertz CT molecular complexity index is 1730. The van der Waals surface area contributed by atoms with E-state index in [1.54, 1.807) is 38.1 Å². The van der Waals surface area contributed by atoms with Crippen LogP contribution in [0.5, 0.6) is 0 Å². The molecule has 0 saturated carbocycles. The van der Waals surface area contributed by atoms with Gasteiger partial charge >= 0.3 is 6.01 Å². The topological polar surface area (TPSA) is 140 Å². The molecular weight excluding hydrogens is 540 g/mol. The number of hydrogen-bond donors (Lipinski definition) is 1. The highest BCUT2D eigenvalue weighted by Crippen LogP contribution is 2.32. The summed E-state index contributed by atoms with van der Waals surface area (Å²) in [5.74, 6) is -0.305. The number of anilines is 2. The van der Waals surface area contributed by atoms with Gasteiger partial charge in [-0.15, -0.1) is 5.10 Å². The molecule has 1 amide bonds. The number of amides is 1. The summed E-state index contributed by atoms with van der Waals surface area (Å²) in [5, 5.41) is 9.77. The molecule has 1 aromatic heterocycles. The summed E-state index contributed by atoms with van der Waals surface area (Å²) in [6, 6.07) is 19.3. The molecule has 1 aliphatic heterocycles. The molecule has 1 N–H and O–H groups in total. The average molecular weight is 567 g/mol. The van der Waals surface area contributed by atoms with Crippen molar-refractivity contribution >= 4 is 37.5 Å². The quantitative estimate of drug-likeness (QED) is 0.339. The minimum absolute atomic E-state index is 0.0862. The van der Waals surface area contributed by atoms with Gasteiger partial charge in [0.15, 0.2) is 9.84 Å². The van der Waals surface area contributed by atoms with Gasteiger partial charge in [0.2, 0.25) is 5.89 Å². The number of aromatic nitrogens is 2. The maximum atomic E-state index is 13.2. The van der Waals surface area contributed by atoms with Gasteiger partial charge < -0.3 is 4.42 Å². The molecule has 0 spiro atoms. The molecule has 202 valence electrons. The molecular formula is C27H26N4O6S2. The van der Waals surface area contributed by atoms with Crippen molar-refractivity contribution in [3.05, 3.63) is 95.4 Å². The second kappa shape index (κ2) is 10.3. The van der Waals surface area contributed by atoms with E-state index in [0.717, 1.165) is 11.1 Å². The number of fused-ring (bicyclic) bond motifs is 1. The first-order valence-electron chi connectivity index (χ1n) is 12.2. The van der Waals surface area contributed by atoms with Gasteiger partial charge in [0.05, 0.1) is 27.1 Å². The van der Waals surface area contributed by atoms with E-state index in [2.05, 4.69) is 15.5 Å². The predicted molar refractivity (Wildman–Crippen MR) is 145 cm³/mol. The van der Waals surface area contributed by atoms with Gasteiger partial charge in [-0.2, -0.15) is 0 Å². The average Bonchev–Trinajstić information content (AvgIpc) is 3.56. The molecule has 3 aromatic carbocycles. The predicted octanol–water partition coefficient (Wildman–Crippen LogP) is 3.85. The highest BCUT2D eigenvalue weighted by atomic mass is 32.2. The zero-order chi connectivity index (χ0) is 27.8. The van der Waals surface area contributed by atoms with Gasteiger partial charge in [0, 0.05) is 12.1 Å². The van der Waals surface area contributed by atoms with Gasteiger partial charge in [-0.05, 0) is 73.9 Å². The Labute approximate surface area is 226 Å². The highest BCUT2D eigenvalue weighted by Gasteiger charge is 2.30. The molecule has 12 heteroatoms. The third-order valence-electron chi connectivity index (χ3n) is 6.46. The minimum atomic E-state index is -3.77. The van der Waals surface area contributed by atoms with E-state index in [4.69, 9.17) is 4.42 Å². The maximum absolute atomic E-state index is 13.2. The standard InChI is InChI=1S/C27H26N4O6S2/c1-18(2)38(33,34)22-11-7-19(8-12-22)17-25-29-30-27(37-25)28-26(32)21-9-13-23(14-10-21)39(35,36)31-16-15-20-5-3-4-6-24(20)31/h3-14,18H,15-17H2,1-2H3,(H,28,30,32). The second-order valence-electron chi connectivity index (χ2n) is 9.35. The summed E-state index contributed by atoms with van der Waals surface area (Å²) < 4.78 is 57.8. The van der Waals surface area contributed by atoms with Crippen LogP contribution in [0.25, 0.3) is 0 Å². The molecule has 5 rings (SSSR count). The lowest BCUT2D eigenvalue weighted by molar-refractivity contribution is 0.102. The molecule has 0 fully saturated rings. The number of carbonyl (C=O) groups is 1. The van der Waals surface area contributed by atoms with Crippen LogP contribution in [0.4, 0.5) is 11.7 Å². The minimum Gasteiger partial charge on any atom is -0.407 e. The first kappa shape index (κ1) is 26.6. The van der Waals surface area contributed by atoms with E-state index in [-0.39, 0.29) is 33.7 Å². The van der Waals surface area contributed by atoms with Gasteiger partial charge in [-0.3, -0.25) is 14.4 Å². The van der Waals surface area contributed by atoms with Crippen molar-refractivity contribution in [2.75, 3.05) is 16.2 Å². The number of benzene rings is 3. The van der Waals surface area contributed by atoms with Crippen molar-refractivity contribution in [3.63, 3.8) is 0 Å². The van der Waals surface area contributed by atoms with Gasteiger partial charge in [-0.25, -0.2) is 16.8 Å². The van der Waals surface area contributed by atoms with Gasteiger partial charge in [0.25, 0.3) is 15.9 Å². The molecule has 0 unspecified atom stereocenters. The number of nitrogens with one attached hydrogen (secondary N) is 1. The summed E-state index contributed by atoms with van der Waals surface area (Å²) in [7, 11) is -7.13. The molecule has 0 saturated heterocycles. The second-order valence-corrected chi connectivity index (χ2v) is 13.7. The van der Waals surface area contributed by atoms with Crippen LogP contribution in [0.3, 0.4) is 0 Å². The molecule has 39 heavy (non-hydrogen) atoms. The van der Waals surface area contributed by atoms with E-state index in [9.17, 15) is 21.6 Å². The van der Waals surface area contributed by atoms with Crippen molar-refractivity contribution in [2.45, 2.75) is 41.7 Å². The molecule has 4 aromatic rings. The van der Waals surface area contributed by atoms with E-state index < -0.39 is 31.0 Å². The van der Waals surface area contributed by atoms with Crippen LogP contribution < -0.4 is 9.62 Å². The Morgan fingerprint density at radius 2 is 1.59 bits per heavy atom. The summed E-state index contributed by atoms with van der Waals surface area (Å²) in [6.07, 6.45) is 0.893. The van der Waals surface area contributed by atoms with Crippen LogP contribution in [0.2, 0.25) is 0 Å². The number of rotatable bonds is 8. The number of carbonyl (C=O) groups excluding carboxylic acids is 1. The summed E-state index contributed by atoms with van der Waals surface area (Å²) in [4.78, 5) is 13.0. The van der Waals surface area contributed by atoms with E-state index >= 15 is 0 Å². The zero-order valence-corrected chi connectivity index (χ0v) is 22.9. The van der Waals surface area contributed by atoms with E-state index in [0.29, 0.717) is 18.7 Å². The Morgan fingerprint density at radius 3 is 2.28 bits per heavy atom. The van der Waals surface area contributed by atoms with Crippen molar-refractivity contribution in [2.24, 2.45) is 0 Å². The first-order valence-corrected chi connectivity index (χ1v) is 15.2. The molecule has 2 heterocycles. The van der Waals surface area contributed by atoms with E-state index in [1.807, 2.05) is 12.1 Å². The molecule has 0 bridgehead atoms. The molecule has 0 radical (unpaired) electrons. The highest BCUT2D eigenvalue weighted by molar-refractivity contribution is 7.93. The van der Waals surface area contributed by atoms with Gasteiger partial charge in [0.1, 0.15) is 0 Å². The summed E-state index contributed by atoms with van der Waals surface area (Å²) in [6.45, 7) is 3.62. The van der Waals surface area contributed by atoms with E-state index in [1.165, 1.54) is 40.7 Å². The lowest BCUT2D eigenvalue weighted by atomic mass is 10.1. The smallest absolute Gasteiger partial charge is 0.322 e. The van der Waals surface area contributed by atoms with Crippen LogP contribution in [0.1, 0.15) is 41.2 Å². The first-order chi connectivity index (χ1) is 18.6. The lowest BCUT2D eigenvalue weighted by Crippen LogP contribution is -2.29. The van der Waals surface area contributed by atoms with Crippen LogP contribution >= 0.6 is 0 Å². The zero-order valence-electron chi connectivity index (χ0n) is 21.2. The van der Waals surface area contributed by atoms with Crippen molar-refractivity contribution < 1.29 is 26.0 Å². The fourth-order valence-corrected chi connectivity index (χ4v) is 6.81. The number of para-hydroxylation sites is 1. The van der Waals surface area contributed by atoms with Crippen molar-refractivity contribution in [1.82, 2.24) is 10.2 Å². The number of nitrogens with zero attached hydrogens (tertiary/aromatic N) is 3. The summed E-state index contributed by atoms with van der Waals surface area (Å²) >= 11 is 0. The Balaban J connectivity index is 1.23. The normalized spacial score (nSPS) is 13.5. The van der Waals surface area contributed by atoms with Gasteiger partial charge in [-0.1, -0.05) is 35.4 Å². The maximum Gasteiger partial charge on any atom is 0.322 e. The molecule has 1 aliphatic rings. The summed E-state index contributed by atoms with van der Waals surface area (Å²) in [5.41, 5.74) is 2.63. The molecule has 0 aliphatic carbocycles. The third kappa shape index (κ3) is 5.30. The Kier molecular flexibility index (Phi) is 7.00. The fraction of sp³-hybridized carbons (Fsp3) is 0.222. The number of hydrogen-bond acceptors (Lipinski definition) is 8. The largest absolute Gasteiger partial charge is 0.407 e. The molecule has 10 nitrogen and oxygen atoms in total. The number of sulfone groups is 1. The SMILES string of the molecule is CC(C)S(=O)(=O)c1ccc(Cc2nnc(NC(=O)c3ccc(S(=O)(=O)N4CCc5ccccc54)cc3)o2)cc1.